The lowest BCUT2D eigenvalue weighted by molar-refractivity contribution is 0.716. The van der Waals surface area contributed by atoms with Gasteiger partial charge in [-0.15, -0.1) is 0 Å². The van der Waals surface area contributed by atoms with Crippen LogP contribution in [0.15, 0.2) is 6.33 Å². The minimum absolute atomic E-state index is 0.348. The lowest BCUT2D eigenvalue weighted by atomic mass is 10.0. The van der Waals surface area contributed by atoms with Gasteiger partial charge in [-0.3, -0.25) is 0 Å². The Morgan fingerprint density at radius 2 is 2.17 bits per heavy atom. The topological polar surface area (TPSA) is 67.1 Å². The lowest BCUT2D eigenvalue weighted by Gasteiger charge is -2.26. The highest BCUT2D eigenvalue weighted by Gasteiger charge is 2.26. The van der Waals surface area contributed by atoms with Crippen LogP contribution in [0.2, 0.25) is 0 Å². The molecule has 1 aromatic rings. The second kappa shape index (κ2) is 5.52. The Labute approximate surface area is 109 Å². The number of aromatic nitrogens is 2. The van der Waals surface area contributed by atoms with Crippen molar-refractivity contribution in [3.8, 4) is 0 Å². The lowest BCUT2D eigenvalue weighted by Crippen LogP contribution is -2.28. The van der Waals surface area contributed by atoms with E-state index in [4.69, 9.17) is 5.84 Å². The average molecular weight is 249 g/mol. The molecule has 1 saturated carbocycles. The Morgan fingerprint density at radius 1 is 1.44 bits per heavy atom. The van der Waals surface area contributed by atoms with Gasteiger partial charge in [-0.05, 0) is 31.6 Å². The van der Waals surface area contributed by atoms with E-state index in [-0.39, 0.29) is 0 Å². The van der Waals surface area contributed by atoms with Crippen molar-refractivity contribution in [1.29, 1.82) is 0 Å². The number of nitrogens with one attached hydrogen (secondary N) is 1. The zero-order valence-electron chi connectivity index (χ0n) is 11.5. The molecule has 1 fully saturated rings. The summed E-state index contributed by atoms with van der Waals surface area (Å²) >= 11 is 0. The zero-order valence-corrected chi connectivity index (χ0v) is 11.5. The van der Waals surface area contributed by atoms with Crippen molar-refractivity contribution in [2.24, 2.45) is 11.8 Å². The monoisotopic (exact) mass is 249 g/mol. The fourth-order valence-corrected chi connectivity index (χ4v) is 2.26. The normalized spacial score (nSPS) is 14.9. The predicted octanol–water partition coefficient (Wildman–Crippen LogP) is 2.12. The first-order chi connectivity index (χ1) is 8.67. The second-order valence-electron chi connectivity index (χ2n) is 5.24. The minimum Gasteiger partial charge on any atom is -0.356 e. The summed E-state index contributed by atoms with van der Waals surface area (Å²) in [5.74, 6) is 8.51. The van der Waals surface area contributed by atoms with Crippen molar-refractivity contribution in [2.45, 2.75) is 39.5 Å². The third kappa shape index (κ3) is 2.72. The van der Waals surface area contributed by atoms with Crippen molar-refractivity contribution in [1.82, 2.24) is 9.97 Å². The van der Waals surface area contributed by atoms with Gasteiger partial charge in [0.15, 0.2) is 0 Å². The summed E-state index contributed by atoms with van der Waals surface area (Å²) in [6.07, 6.45) is 4.28. The van der Waals surface area contributed by atoms with E-state index >= 15 is 0 Å². The number of hydrazine groups is 1. The summed E-state index contributed by atoms with van der Waals surface area (Å²) in [4.78, 5) is 11.0. The molecule has 100 valence electrons. The molecule has 0 atom stereocenters. The summed E-state index contributed by atoms with van der Waals surface area (Å²) in [6, 6.07) is 0. The molecule has 1 heterocycles. The molecule has 0 spiro atoms. The molecule has 1 aliphatic rings. The van der Waals surface area contributed by atoms with Crippen molar-refractivity contribution in [3.05, 3.63) is 11.9 Å². The van der Waals surface area contributed by atoms with Crippen LogP contribution in [0.25, 0.3) is 0 Å². The predicted molar refractivity (Wildman–Crippen MR) is 74.5 cm³/mol. The molecule has 2 rings (SSSR count). The maximum absolute atomic E-state index is 5.55. The number of hydrogen-bond donors (Lipinski definition) is 2. The van der Waals surface area contributed by atoms with Crippen molar-refractivity contribution in [2.75, 3.05) is 23.4 Å². The van der Waals surface area contributed by atoms with E-state index in [1.807, 2.05) is 0 Å². The Balaban J connectivity index is 2.33. The first-order valence-electron chi connectivity index (χ1n) is 6.73. The number of nitrogens with two attached hydrogens (primary N) is 1. The molecule has 1 aromatic heterocycles. The van der Waals surface area contributed by atoms with Crippen LogP contribution in [0.5, 0.6) is 0 Å². The van der Waals surface area contributed by atoms with Crippen LogP contribution in [-0.2, 0) is 0 Å². The maximum Gasteiger partial charge on any atom is 0.148 e. The largest absolute Gasteiger partial charge is 0.356 e. The van der Waals surface area contributed by atoms with E-state index in [9.17, 15) is 0 Å². The van der Waals surface area contributed by atoms with E-state index in [1.165, 1.54) is 12.8 Å². The molecule has 0 aliphatic heterocycles. The average Bonchev–Trinajstić information content (AvgIpc) is 3.18. The van der Waals surface area contributed by atoms with Gasteiger partial charge in [-0.2, -0.15) is 0 Å². The maximum atomic E-state index is 5.55. The van der Waals surface area contributed by atoms with Gasteiger partial charge in [0.05, 0.1) is 0 Å². The van der Waals surface area contributed by atoms with Gasteiger partial charge < -0.3 is 10.3 Å². The van der Waals surface area contributed by atoms with Crippen LogP contribution in [0, 0.1) is 5.92 Å². The van der Waals surface area contributed by atoms with E-state index < -0.39 is 0 Å². The van der Waals surface area contributed by atoms with Gasteiger partial charge in [0, 0.05) is 18.7 Å². The van der Waals surface area contributed by atoms with Gasteiger partial charge in [0.1, 0.15) is 18.0 Å². The summed E-state index contributed by atoms with van der Waals surface area (Å²) in [5, 5.41) is 0. The van der Waals surface area contributed by atoms with Crippen molar-refractivity contribution >= 4 is 11.6 Å². The summed E-state index contributed by atoms with van der Waals surface area (Å²) in [7, 11) is 0. The molecule has 0 unspecified atom stereocenters. The number of hydrogen-bond acceptors (Lipinski definition) is 5. The number of rotatable bonds is 6. The van der Waals surface area contributed by atoms with Crippen LogP contribution in [0.3, 0.4) is 0 Å². The molecular formula is C13H23N5. The minimum atomic E-state index is 0.348. The Morgan fingerprint density at radius 3 is 2.67 bits per heavy atom. The van der Waals surface area contributed by atoms with Gasteiger partial charge in [0.2, 0.25) is 0 Å². The highest BCUT2D eigenvalue weighted by molar-refractivity contribution is 5.59. The molecule has 5 heteroatoms. The first kappa shape index (κ1) is 13.1. The van der Waals surface area contributed by atoms with Crippen LogP contribution in [0.4, 0.5) is 11.6 Å². The number of nitrogen functional groups attached to an aromatic ring is 1. The highest BCUT2D eigenvalue weighted by atomic mass is 15.3. The second-order valence-corrected chi connectivity index (χ2v) is 5.24. The molecule has 18 heavy (non-hydrogen) atoms. The van der Waals surface area contributed by atoms with Crippen LogP contribution >= 0.6 is 0 Å². The van der Waals surface area contributed by atoms with Crippen LogP contribution in [0.1, 0.15) is 45.1 Å². The fourth-order valence-electron chi connectivity index (χ4n) is 2.26. The smallest absolute Gasteiger partial charge is 0.148 e. The molecule has 0 bridgehead atoms. The van der Waals surface area contributed by atoms with Crippen molar-refractivity contribution in [3.63, 3.8) is 0 Å². The number of anilines is 2. The highest BCUT2D eigenvalue weighted by Crippen LogP contribution is 2.34. The standard InChI is InChI=1S/C13H23N5/c1-4-18(7-10-5-6-10)13-11(9(2)3)12(17-14)15-8-16-13/h8-10H,4-7,14H2,1-3H3,(H,15,16,17). The molecular weight excluding hydrogens is 226 g/mol. The van der Waals surface area contributed by atoms with E-state index in [0.717, 1.165) is 36.2 Å². The molecule has 0 radical (unpaired) electrons. The van der Waals surface area contributed by atoms with Gasteiger partial charge in [-0.1, -0.05) is 13.8 Å². The Bertz CT molecular complexity index is 400. The molecule has 0 amide bonds. The molecule has 0 saturated heterocycles. The fraction of sp³-hybridized carbons (Fsp3) is 0.692. The van der Waals surface area contributed by atoms with E-state index in [1.54, 1.807) is 6.33 Å². The summed E-state index contributed by atoms with van der Waals surface area (Å²) < 4.78 is 0. The van der Waals surface area contributed by atoms with E-state index in [2.05, 4.69) is 41.1 Å². The summed E-state index contributed by atoms with van der Waals surface area (Å²) in [6.45, 7) is 8.53. The quantitative estimate of drug-likeness (QED) is 0.597. The summed E-state index contributed by atoms with van der Waals surface area (Å²) in [5.41, 5.74) is 3.80. The third-order valence-electron chi connectivity index (χ3n) is 3.43. The third-order valence-corrected chi connectivity index (χ3v) is 3.43. The van der Waals surface area contributed by atoms with Crippen LogP contribution in [-0.4, -0.2) is 23.1 Å². The Hall–Kier alpha value is -1.36. The van der Waals surface area contributed by atoms with E-state index in [0.29, 0.717) is 5.92 Å². The van der Waals surface area contributed by atoms with Gasteiger partial charge in [-0.25, -0.2) is 15.8 Å². The SMILES string of the molecule is CCN(CC1CC1)c1ncnc(NN)c1C(C)C. The van der Waals surface area contributed by atoms with Crippen LogP contribution < -0.4 is 16.2 Å². The number of nitrogens with zero attached hydrogens (tertiary/aromatic N) is 3. The van der Waals surface area contributed by atoms with Crippen molar-refractivity contribution < 1.29 is 0 Å². The first-order valence-corrected chi connectivity index (χ1v) is 6.73. The van der Waals surface area contributed by atoms with Gasteiger partial charge >= 0.3 is 0 Å². The van der Waals surface area contributed by atoms with Gasteiger partial charge in [0.25, 0.3) is 0 Å². The molecule has 5 nitrogen and oxygen atoms in total. The molecule has 1 aliphatic carbocycles. The molecule has 3 N–H and O–H groups in total. The Kier molecular flexibility index (Phi) is 4.01. The molecule has 0 aromatic carbocycles. The zero-order chi connectivity index (χ0) is 13.1.